The molecule has 0 saturated carbocycles. The number of piperazine rings is 1. The normalized spacial score (nSPS) is 21.3. The molecule has 0 aliphatic carbocycles. The van der Waals surface area contributed by atoms with E-state index in [1.807, 2.05) is 18.2 Å². The molecule has 2 amide bonds. The molecule has 5 rings (SSSR count). The van der Waals surface area contributed by atoms with Crippen molar-refractivity contribution in [3.8, 4) is 5.75 Å². The van der Waals surface area contributed by atoms with Crippen LogP contribution in [0, 0.1) is 0 Å². The van der Waals surface area contributed by atoms with Crippen molar-refractivity contribution < 1.29 is 22.7 Å². The number of ether oxygens (including phenoxy) is 1. The van der Waals surface area contributed by atoms with Gasteiger partial charge in [0.05, 0.1) is 10.6 Å². The molecule has 10 heteroatoms. The van der Waals surface area contributed by atoms with Gasteiger partial charge in [0.2, 0.25) is 15.9 Å². The van der Waals surface area contributed by atoms with Gasteiger partial charge in [0.15, 0.2) is 6.61 Å². The van der Waals surface area contributed by atoms with Gasteiger partial charge in [-0.1, -0.05) is 18.2 Å². The largest absolute Gasteiger partial charge is 0.482 e. The summed E-state index contributed by atoms with van der Waals surface area (Å²) in [6, 6.07) is 13.8. The molecule has 0 aromatic heterocycles. The molecule has 2 aromatic carbocycles. The zero-order valence-corrected chi connectivity index (χ0v) is 19.0. The SMILES string of the molecule is O=C1COc2ccc(S(=O)(=O)N3CCC[C@@H]3C(=O)N3CCN(c4ccccc4)CC3)cc2N1. The van der Waals surface area contributed by atoms with E-state index in [9.17, 15) is 18.0 Å². The Morgan fingerprint density at radius 1 is 1.00 bits per heavy atom. The van der Waals surface area contributed by atoms with Crippen molar-refractivity contribution in [1.29, 1.82) is 0 Å². The highest BCUT2D eigenvalue weighted by Crippen LogP contribution is 2.34. The summed E-state index contributed by atoms with van der Waals surface area (Å²) in [6.07, 6.45) is 1.13. The summed E-state index contributed by atoms with van der Waals surface area (Å²) in [5.41, 5.74) is 1.45. The molecule has 3 aliphatic rings. The predicted octanol–water partition coefficient (Wildman–Crippen LogP) is 1.52. The van der Waals surface area contributed by atoms with Crippen LogP contribution in [-0.2, 0) is 19.6 Å². The summed E-state index contributed by atoms with van der Waals surface area (Å²) in [7, 11) is -3.91. The quantitative estimate of drug-likeness (QED) is 0.728. The highest BCUT2D eigenvalue weighted by molar-refractivity contribution is 7.89. The van der Waals surface area contributed by atoms with Crippen molar-refractivity contribution in [1.82, 2.24) is 9.21 Å². The molecule has 1 atom stereocenters. The van der Waals surface area contributed by atoms with Crippen molar-refractivity contribution in [2.24, 2.45) is 0 Å². The second-order valence-electron chi connectivity index (χ2n) is 8.42. The number of para-hydroxylation sites is 1. The number of sulfonamides is 1. The Bertz CT molecular complexity index is 1160. The molecule has 2 saturated heterocycles. The fourth-order valence-corrected chi connectivity index (χ4v) is 6.34. The third kappa shape index (κ3) is 4.16. The number of anilines is 2. The molecule has 174 valence electrons. The zero-order chi connectivity index (χ0) is 23.0. The van der Waals surface area contributed by atoms with E-state index in [4.69, 9.17) is 4.74 Å². The van der Waals surface area contributed by atoms with E-state index in [-0.39, 0.29) is 23.3 Å². The maximum Gasteiger partial charge on any atom is 0.262 e. The van der Waals surface area contributed by atoms with E-state index < -0.39 is 16.1 Å². The van der Waals surface area contributed by atoms with Crippen LogP contribution in [0.2, 0.25) is 0 Å². The number of fused-ring (bicyclic) bond motifs is 1. The highest BCUT2D eigenvalue weighted by atomic mass is 32.2. The molecule has 33 heavy (non-hydrogen) atoms. The summed E-state index contributed by atoms with van der Waals surface area (Å²) < 4.78 is 33.5. The second-order valence-corrected chi connectivity index (χ2v) is 10.3. The van der Waals surface area contributed by atoms with Crippen LogP contribution in [0.5, 0.6) is 5.75 Å². The van der Waals surface area contributed by atoms with E-state index in [2.05, 4.69) is 22.3 Å². The van der Waals surface area contributed by atoms with E-state index in [0.29, 0.717) is 57.0 Å². The van der Waals surface area contributed by atoms with Crippen molar-refractivity contribution in [3.63, 3.8) is 0 Å². The maximum absolute atomic E-state index is 13.4. The van der Waals surface area contributed by atoms with Crippen LogP contribution in [0.1, 0.15) is 12.8 Å². The van der Waals surface area contributed by atoms with Crippen LogP contribution < -0.4 is 15.0 Å². The van der Waals surface area contributed by atoms with Gasteiger partial charge in [0.1, 0.15) is 11.8 Å². The van der Waals surface area contributed by atoms with E-state index in [1.54, 1.807) is 4.90 Å². The van der Waals surface area contributed by atoms with Gasteiger partial charge < -0.3 is 19.9 Å². The molecule has 0 bridgehead atoms. The van der Waals surface area contributed by atoms with Crippen LogP contribution in [0.3, 0.4) is 0 Å². The number of hydrogen-bond acceptors (Lipinski definition) is 6. The van der Waals surface area contributed by atoms with Gasteiger partial charge in [0.25, 0.3) is 5.91 Å². The van der Waals surface area contributed by atoms with Crippen LogP contribution >= 0.6 is 0 Å². The number of benzene rings is 2. The Morgan fingerprint density at radius 3 is 2.52 bits per heavy atom. The third-order valence-corrected chi connectivity index (χ3v) is 8.30. The molecule has 9 nitrogen and oxygen atoms in total. The van der Waals surface area contributed by atoms with Crippen molar-refractivity contribution in [2.75, 3.05) is 49.5 Å². The maximum atomic E-state index is 13.4. The molecule has 3 heterocycles. The summed E-state index contributed by atoms with van der Waals surface area (Å²) in [5, 5.41) is 2.64. The number of carbonyl (C=O) groups excluding carboxylic acids is 2. The molecule has 0 spiro atoms. The fourth-order valence-electron chi connectivity index (χ4n) is 4.67. The number of amides is 2. The van der Waals surface area contributed by atoms with Crippen molar-refractivity contribution in [2.45, 2.75) is 23.8 Å². The lowest BCUT2D eigenvalue weighted by Crippen LogP contribution is -2.54. The van der Waals surface area contributed by atoms with Gasteiger partial charge >= 0.3 is 0 Å². The Morgan fingerprint density at radius 2 is 1.76 bits per heavy atom. The summed E-state index contributed by atoms with van der Waals surface area (Å²) >= 11 is 0. The molecule has 3 aliphatic heterocycles. The minimum absolute atomic E-state index is 0.0423. The molecule has 2 fully saturated rings. The molecule has 1 N–H and O–H groups in total. The number of nitrogens with one attached hydrogen (secondary N) is 1. The molecule has 0 radical (unpaired) electrons. The van der Waals surface area contributed by atoms with Crippen molar-refractivity contribution in [3.05, 3.63) is 48.5 Å². The van der Waals surface area contributed by atoms with E-state index in [1.165, 1.54) is 22.5 Å². The Kier molecular flexibility index (Phi) is 5.71. The first-order valence-electron chi connectivity index (χ1n) is 11.1. The Balaban J connectivity index is 1.30. The summed E-state index contributed by atoms with van der Waals surface area (Å²) in [5.74, 6) is -0.0433. The molecule has 2 aromatic rings. The lowest BCUT2D eigenvalue weighted by atomic mass is 10.1. The van der Waals surface area contributed by atoms with Crippen LogP contribution in [0.25, 0.3) is 0 Å². The van der Waals surface area contributed by atoms with Gasteiger partial charge in [-0.15, -0.1) is 0 Å². The van der Waals surface area contributed by atoms with E-state index >= 15 is 0 Å². The van der Waals surface area contributed by atoms with Gasteiger partial charge in [-0.2, -0.15) is 4.31 Å². The molecular weight excluding hydrogens is 444 g/mol. The van der Waals surface area contributed by atoms with E-state index in [0.717, 1.165) is 5.69 Å². The van der Waals surface area contributed by atoms with Crippen LogP contribution in [0.4, 0.5) is 11.4 Å². The number of nitrogens with zero attached hydrogens (tertiary/aromatic N) is 3. The van der Waals surface area contributed by atoms with Gasteiger partial charge in [-0.25, -0.2) is 8.42 Å². The summed E-state index contributed by atoms with van der Waals surface area (Å²) in [6.45, 7) is 2.72. The number of carbonyl (C=O) groups is 2. The van der Waals surface area contributed by atoms with Crippen molar-refractivity contribution >= 4 is 33.2 Å². The van der Waals surface area contributed by atoms with Crippen LogP contribution in [0.15, 0.2) is 53.4 Å². The average molecular weight is 471 g/mol. The average Bonchev–Trinajstić information content (AvgIpc) is 3.35. The van der Waals surface area contributed by atoms with Gasteiger partial charge in [0, 0.05) is 38.4 Å². The zero-order valence-electron chi connectivity index (χ0n) is 18.1. The minimum atomic E-state index is -3.91. The second kappa shape index (κ2) is 8.68. The lowest BCUT2D eigenvalue weighted by molar-refractivity contribution is -0.134. The number of rotatable bonds is 4. The number of hydrogen-bond donors (Lipinski definition) is 1. The highest BCUT2D eigenvalue weighted by Gasteiger charge is 2.42. The van der Waals surface area contributed by atoms with Crippen LogP contribution in [-0.4, -0.2) is 74.8 Å². The minimum Gasteiger partial charge on any atom is -0.482 e. The first-order valence-corrected chi connectivity index (χ1v) is 12.5. The third-order valence-electron chi connectivity index (χ3n) is 6.39. The topological polar surface area (TPSA) is 99.3 Å². The first kappa shape index (κ1) is 21.7. The van der Waals surface area contributed by atoms with Gasteiger partial charge in [-0.3, -0.25) is 9.59 Å². The Labute approximate surface area is 193 Å². The monoisotopic (exact) mass is 470 g/mol. The summed E-state index contributed by atoms with van der Waals surface area (Å²) in [4.78, 5) is 29.0. The standard InChI is InChI=1S/C23H26N4O5S/c28-22-16-32-21-9-8-18(15-19(21)24-22)33(30,31)27-10-4-7-20(27)23(29)26-13-11-25(12-14-26)17-5-2-1-3-6-17/h1-3,5-6,8-9,15,20H,4,7,10-14,16H2,(H,24,28)/t20-/m1/s1. The molecular formula is C23H26N4O5S. The predicted molar refractivity (Wildman–Crippen MR) is 123 cm³/mol. The Hall–Kier alpha value is -3.11. The molecule has 0 unspecified atom stereocenters. The smallest absolute Gasteiger partial charge is 0.262 e. The first-order chi connectivity index (χ1) is 15.9. The van der Waals surface area contributed by atoms with Gasteiger partial charge in [-0.05, 0) is 43.2 Å². The fraction of sp³-hybridized carbons (Fsp3) is 0.391. The lowest BCUT2D eigenvalue weighted by Gasteiger charge is -2.38.